The average molecular weight is 401 g/mol. The van der Waals surface area contributed by atoms with Gasteiger partial charge in [0.15, 0.2) is 5.69 Å². The molecule has 0 bridgehead atoms. The van der Waals surface area contributed by atoms with E-state index < -0.39 is 41.3 Å². The van der Waals surface area contributed by atoms with Crippen molar-refractivity contribution in [3.8, 4) is 0 Å². The van der Waals surface area contributed by atoms with Gasteiger partial charge >= 0.3 is 6.18 Å². The molecule has 0 fully saturated rings. The first kappa shape index (κ1) is 21.5. The number of amides is 1. The van der Waals surface area contributed by atoms with Gasteiger partial charge in [-0.25, -0.2) is 4.98 Å². The number of ketones is 1. The lowest BCUT2D eigenvalue weighted by Gasteiger charge is -2.24. The number of aryl methyl sites for hydroxylation is 1. The molecule has 152 valence electrons. The van der Waals surface area contributed by atoms with Gasteiger partial charge in [0.05, 0.1) is 0 Å². The van der Waals surface area contributed by atoms with Crippen LogP contribution < -0.4 is 10.6 Å². The van der Waals surface area contributed by atoms with Crippen LogP contribution in [0, 0.1) is 11.9 Å². The maximum absolute atomic E-state index is 13.2. The summed E-state index contributed by atoms with van der Waals surface area (Å²) in [5.41, 5.74) is -1.06. The molecule has 0 aliphatic rings. The molecule has 0 radical (unpaired) electrons. The fourth-order valence-electron chi connectivity index (χ4n) is 2.91. The van der Waals surface area contributed by atoms with E-state index in [0.29, 0.717) is 0 Å². The van der Waals surface area contributed by atoms with Crippen LogP contribution in [0.3, 0.4) is 0 Å². The van der Waals surface area contributed by atoms with Crippen LogP contribution in [0.5, 0.6) is 0 Å². The molecule has 0 aliphatic carbocycles. The number of rotatable bonds is 7. The lowest BCUT2D eigenvalue weighted by molar-refractivity contribution is -0.141. The predicted molar refractivity (Wildman–Crippen MR) is 91.9 cm³/mol. The van der Waals surface area contributed by atoms with Crippen molar-refractivity contribution in [2.45, 2.75) is 19.0 Å². The first-order chi connectivity index (χ1) is 13.0. The van der Waals surface area contributed by atoms with E-state index in [9.17, 15) is 27.2 Å². The number of Topliss-reactive ketones (excluding diaryl/α,β-unsaturated/α-hetero) is 1. The molecule has 28 heavy (non-hydrogen) atoms. The standard InChI is InChI=1S/C17H19F4N5O2/c1-9(27)15(16(28)24-14-6-4-5-13(18)23-14)10(8-22-2)11-7-12(17(19,20)21)25-26(11)3/h4-7,10,15,22H,8H2,1-3H3,(H,23,24,28)/t10-,15+/m1/s1. The Bertz CT molecular complexity index is 865. The first-order valence-electron chi connectivity index (χ1n) is 8.24. The van der Waals surface area contributed by atoms with Crippen LogP contribution in [0.2, 0.25) is 0 Å². The van der Waals surface area contributed by atoms with Crippen LogP contribution in [0.1, 0.15) is 24.2 Å². The molecule has 0 aromatic carbocycles. The topological polar surface area (TPSA) is 88.9 Å². The number of hydrogen-bond acceptors (Lipinski definition) is 5. The van der Waals surface area contributed by atoms with Crippen molar-refractivity contribution in [2.24, 2.45) is 13.0 Å². The van der Waals surface area contributed by atoms with Gasteiger partial charge in [0.25, 0.3) is 0 Å². The van der Waals surface area contributed by atoms with E-state index in [1.54, 1.807) is 0 Å². The zero-order valence-electron chi connectivity index (χ0n) is 15.3. The summed E-state index contributed by atoms with van der Waals surface area (Å²) in [5, 5.41) is 8.55. The fourth-order valence-corrected chi connectivity index (χ4v) is 2.91. The SMILES string of the molecule is CNC[C@H](c1cc(C(F)(F)F)nn1C)[C@H](C(C)=O)C(=O)Nc1cccc(F)n1. The molecule has 2 aromatic heterocycles. The van der Waals surface area contributed by atoms with Crippen LogP contribution in [-0.2, 0) is 22.8 Å². The first-order valence-corrected chi connectivity index (χ1v) is 8.24. The maximum Gasteiger partial charge on any atom is 0.435 e. The molecular weight excluding hydrogens is 382 g/mol. The van der Waals surface area contributed by atoms with E-state index >= 15 is 0 Å². The molecule has 0 aliphatic heterocycles. The quantitative estimate of drug-likeness (QED) is 0.422. The van der Waals surface area contributed by atoms with E-state index in [1.165, 1.54) is 26.2 Å². The second-order valence-electron chi connectivity index (χ2n) is 6.16. The zero-order chi connectivity index (χ0) is 21.1. The summed E-state index contributed by atoms with van der Waals surface area (Å²) in [4.78, 5) is 28.4. The molecule has 7 nitrogen and oxygen atoms in total. The third-order valence-corrected chi connectivity index (χ3v) is 4.10. The number of carbonyl (C=O) groups excluding carboxylic acids is 2. The Hall–Kier alpha value is -2.82. The number of halogens is 4. The zero-order valence-corrected chi connectivity index (χ0v) is 15.3. The number of hydrogen-bond donors (Lipinski definition) is 2. The summed E-state index contributed by atoms with van der Waals surface area (Å²) in [5.74, 6) is -4.59. The number of anilines is 1. The number of carbonyl (C=O) groups is 2. The Morgan fingerprint density at radius 2 is 1.96 bits per heavy atom. The van der Waals surface area contributed by atoms with Gasteiger partial charge in [0.2, 0.25) is 11.9 Å². The average Bonchev–Trinajstić information content (AvgIpc) is 2.96. The molecule has 0 spiro atoms. The molecule has 1 amide bonds. The largest absolute Gasteiger partial charge is 0.435 e. The van der Waals surface area contributed by atoms with Gasteiger partial charge in [-0.05, 0) is 32.2 Å². The lowest BCUT2D eigenvalue weighted by atomic mass is 9.85. The van der Waals surface area contributed by atoms with E-state index in [1.807, 2.05) is 0 Å². The number of nitrogens with one attached hydrogen (secondary N) is 2. The van der Waals surface area contributed by atoms with E-state index in [4.69, 9.17) is 0 Å². The summed E-state index contributed by atoms with van der Waals surface area (Å²) >= 11 is 0. The normalized spacial score (nSPS) is 13.8. The number of alkyl halides is 3. The highest BCUT2D eigenvalue weighted by Gasteiger charge is 2.39. The van der Waals surface area contributed by atoms with Crippen molar-refractivity contribution in [1.82, 2.24) is 20.1 Å². The minimum Gasteiger partial charge on any atom is -0.319 e. The third-order valence-electron chi connectivity index (χ3n) is 4.10. The molecule has 0 saturated heterocycles. The Morgan fingerprint density at radius 3 is 2.46 bits per heavy atom. The van der Waals surface area contributed by atoms with Crippen LogP contribution in [-0.4, -0.2) is 40.0 Å². The number of aromatic nitrogens is 3. The Balaban J connectivity index is 2.40. The van der Waals surface area contributed by atoms with E-state index in [0.717, 1.165) is 23.7 Å². The summed E-state index contributed by atoms with van der Waals surface area (Å²) in [6.45, 7) is 1.19. The summed E-state index contributed by atoms with van der Waals surface area (Å²) in [6.07, 6.45) is -4.67. The van der Waals surface area contributed by atoms with Gasteiger partial charge in [-0.2, -0.15) is 22.7 Å². The van der Waals surface area contributed by atoms with Crippen LogP contribution >= 0.6 is 0 Å². The van der Waals surface area contributed by atoms with Crippen molar-refractivity contribution in [1.29, 1.82) is 0 Å². The Labute approximate surface area is 158 Å². The van der Waals surface area contributed by atoms with Gasteiger partial charge in [0, 0.05) is 25.2 Å². The molecule has 2 atom stereocenters. The molecule has 11 heteroatoms. The maximum atomic E-state index is 13.2. The molecular formula is C17H19F4N5O2. The van der Waals surface area contributed by atoms with Crippen molar-refractivity contribution in [2.75, 3.05) is 18.9 Å². The summed E-state index contributed by atoms with van der Waals surface area (Å²) in [7, 11) is 2.84. The minimum atomic E-state index is -4.67. The highest BCUT2D eigenvalue weighted by atomic mass is 19.4. The van der Waals surface area contributed by atoms with Gasteiger partial charge in [-0.15, -0.1) is 0 Å². The van der Waals surface area contributed by atoms with Crippen LogP contribution in [0.15, 0.2) is 24.3 Å². The Kier molecular flexibility index (Phi) is 6.49. The summed E-state index contributed by atoms with van der Waals surface area (Å²) in [6, 6.07) is 4.54. The smallest absolute Gasteiger partial charge is 0.319 e. The van der Waals surface area contributed by atoms with Crippen LogP contribution in [0.25, 0.3) is 0 Å². The van der Waals surface area contributed by atoms with Crippen LogP contribution in [0.4, 0.5) is 23.4 Å². The Morgan fingerprint density at radius 1 is 1.29 bits per heavy atom. The van der Waals surface area contributed by atoms with Gasteiger partial charge in [0.1, 0.15) is 17.5 Å². The van der Waals surface area contributed by atoms with Gasteiger partial charge < -0.3 is 10.6 Å². The number of pyridine rings is 1. The summed E-state index contributed by atoms with van der Waals surface area (Å²) < 4.78 is 53.2. The second-order valence-corrected chi connectivity index (χ2v) is 6.16. The highest BCUT2D eigenvalue weighted by molar-refractivity contribution is 6.07. The van der Waals surface area contributed by atoms with Gasteiger partial charge in [-0.3, -0.25) is 14.3 Å². The van der Waals surface area contributed by atoms with Crippen molar-refractivity contribution < 1.29 is 27.2 Å². The molecule has 2 aromatic rings. The monoisotopic (exact) mass is 401 g/mol. The molecule has 0 saturated carbocycles. The van der Waals surface area contributed by atoms with E-state index in [-0.39, 0.29) is 18.1 Å². The third kappa shape index (κ3) is 4.91. The molecule has 0 unspecified atom stereocenters. The van der Waals surface area contributed by atoms with Crippen molar-refractivity contribution >= 4 is 17.5 Å². The minimum absolute atomic E-state index is 0.0328. The molecule has 2 N–H and O–H groups in total. The predicted octanol–water partition coefficient (Wildman–Crippen LogP) is 2.12. The van der Waals surface area contributed by atoms with Crippen molar-refractivity contribution in [3.05, 3.63) is 41.6 Å². The number of likely N-dealkylation sites (N-methyl/N-ethyl adjacent to an activating group) is 1. The second kappa shape index (κ2) is 8.46. The fraction of sp³-hybridized carbons (Fsp3) is 0.412. The molecule has 2 heterocycles. The lowest BCUT2D eigenvalue weighted by Crippen LogP contribution is -2.38. The van der Waals surface area contributed by atoms with Gasteiger partial charge in [-0.1, -0.05) is 6.07 Å². The van der Waals surface area contributed by atoms with E-state index in [2.05, 4.69) is 20.7 Å². The number of nitrogens with zero attached hydrogens (tertiary/aromatic N) is 3. The highest BCUT2D eigenvalue weighted by Crippen LogP contribution is 2.33. The van der Waals surface area contributed by atoms with Crippen molar-refractivity contribution in [3.63, 3.8) is 0 Å². The molecule has 2 rings (SSSR count).